The number of nitro groups is 1. The van der Waals surface area contributed by atoms with Crippen molar-refractivity contribution in [1.29, 1.82) is 0 Å². The van der Waals surface area contributed by atoms with Gasteiger partial charge in [0.1, 0.15) is 16.2 Å². The molecule has 7 heteroatoms. The third-order valence-electron chi connectivity index (χ3n) is 2.70. The van der Waals surface area contributed by atoms with Crippen LogP contribution in [-0.2, 0) is 6.42 Å². The molecule has 0 spiro atoms. The van der Waals surface area contributed by atoms with Crippen LogP contribution in [0.5, 0.6) is 11.6 Å². The van der Waals surface area contributed by atoms with Crippen molar-refractivity contribution < 1.29 is 9.66 Å². The van der Waals surface area contributed by atoms with Gasteiger partial charge in [0.2, 0.25) is 5.88 Å². The van der Waals surface area contributed by atoms with Crippen LogP contribution in [0.3, 0.4) is 0 Å². The summed E-state index contributed by atoms with van der Waals surface area (Å²) in [5, 5.41) is 10.9. The minimum atomic E-state index is -0.435. The van der Waals surface area contributed by atoms with Gasteiger partial charge in [-0.15, -0.1) is 0 Å². The van der Waals surface area contributed by atoms with Gasteiger partial charge in [-0.1, -0.05) is 13.0 Å². The summed E-state index contributed by atoms with van der Waals surface area (Å²) in [7, 11) is 0. The van der Waals surface area contributed by atoms with E-state index in [0.29, 0.717) is 34.0 Å². The second-order valence-corrected chi connectivity index (χ2v) is 4.87. The quantitative estimate of drug-likeness (QED) is 0.481. The lowest BCUT2D eigenvalue weighted by Gasteiger charge is -2.09. The Hall–Kier alpha value is -2.02. The van der Waals surface area contributed by atoms with E-state index in [0.717, 1.165) is 0 Å². The molecule has 0 aliphatic carbocycles. The van der Waals surface area contributed by atoms with Crippen molar-refractivity contribution >= 4 is 21.6 Å². The number of hydrogen-bond acceptors (Lipinski definition) is 5. The zero-order valence-electron chi connectivity index (χ0n) is 11.0. The summed E-state index contributed by atoms with van der Waals surface area (Å²) < 4.78 is 6.25. The monoisotopic (exact) mass is 337 g/mol. The molecule has 2 rings (SSSR count). The molecule has 20 heavy (non-hydrogen) atoms. The van der Waals surface area contributed by atoms with E-state index in [4.69, 9.17) is 4.74 Å². The highest BCUT2D eigenvalue weighted by Gasteiger charge is 2.15. The fourth-order valence-corrected chi connectivity index (χ4v) is 2.08. The van der Waals surface area contributed by atoms with E-state index in [2.05, 4.69) is 25.9 Å². The lowest BCUT2D eigenvalue weighted by atomic mass is 10.2. The number of hydrogen-bond donors (Lipinski definition) is 0. The van der Waals surface area contributed by atoms with Gasteiger partial charge in [-0.05, 0) is 28.9 Å². The zero-order chi connectivity index (χ0) is 14.7. The first-order chi connectivity index (χ1) is 9.51. The Balaban J connectivity index is 2.37. The summed E-state index contributed by atoms with van der Waals surface area (Å²) in [6.07, 6.45) is 0.670. The van der Waals surface area contributed by atoms with Crippen LogP contribution in [-0.4, -0.2) is 14.9 Å². The van der Waals surface area contributed by atoms with Gasteiger partial charge in [-0.3, -0.25) is 10.1 Å². The Morgan fingerprint density at radius 3 is 2.80 bits per heavy atom. The van der Waals surface area contributed by atoms with Crippen LogP contribution >= 0.6 is 15.9 Å². The number of rotatable bonds is 4. The number of ether oxygens (including phenoxy) is 1. The molecule has 0 aliphatic rings. The third-order valence-corrected chi connectivity index (χ3v) is 3.11. The maximum absolute atomic E-state index is 10.9. The van der Waals surface area contributed by atoms with Gasteiger partial charge in [0.05, 0.1) is 10.5 Å². The number of aryl methyl sites for hydroxylation is 1. The average Bonchev–Trinajstić information content (AvgIpc) is 2.40. The molecular weight excluding hydrogens is 326 g/mol. The van der Waals surface area contributed by atoms with Gasteiger partial charge in [0, 0.05) is 18.6 Å². The summed E-state index contributed by atoms with van der Waals surface area (Å²) in [5.74, 6) is 1.40. The SMILES string of the molecule is CCc1nc(Br)cc(Oc2cccc([N+](=O)[O-])c2C)n1. The minimum Gasteiger partial charge on any atom is -0.438 e. The van der Waals surface area contributed by atoms with Crippen molar-refractivity contribution in [1.82, 2.24) is 9.97 Å². The van der Waals surface area contributed by atoms with Crippen LogP contribution in [0.1, 0.15) is 18.3 Å². The van der Waals surface area contributed by atoms with E-state index < -0.39 is 4.92 Å². The predicted molar refractivity (Wildman–Crippen MR) is 77.0 cm³/mol. The van der Waals surface area contributed by atoms with Crippen LogP contribution in [0.15, 0.2) is 28.9 Å². The molecule has 2 aromatic rings. The highest BCUT2D eigenvalue weighted by molar-refractivity contribution is 9.10. The number of nitrogens with zero attached hydrogens (tertiary/aromatic N) is 3. The molecule has 104 valence electrons. The number of nitro benzene ring substituents is 1. The molecule has 0 N–H and O–H groups in total. The normalized spacial score (nSPS) is 10.3. The Morgan fingerprint density at radius 1 is 1.40 bits per heavy atom. The summed E-state index contributed by atoms with van der Waals surface area (Å²) in [4.78, 5) is 18.9. The lowest BCUT2D eigenvalue weighted by molar-refractivity contribution is -0.385. The molecular formula is C13H12BrN3O3. The summed E-state index contributed by atoms with van der Waals surface area (Å²) in [5.41, 5.74) is 0.483. The molecule has 0 saturated heterocycles. The standard InChI is InChI=1S/C13H12BrN3O3/c1-3-12-15-11(14)7-13(16-12)20-10-6-4-5-9(8(10)2)17(18)19/h4-7H,3H2,1-2H3. The predicted octanol–water partition coefficient (Wildman–Crippen LogP) is 3.81. The summed E-state index contributed by atoms with van der Waals surface area (Å²) in [6.45, 7) is 3.58. The third kappa shape index (κ3) is 3.11. The molecule has 1 heterocycles. The molecule has 0 fully saturated rings. The molecule has 0 aliphatic heterocycles. The first kappa shape index (κ1) is 14.4. The van der Waals surface area contributed by atoms with E-state index in [1.54, 1.807) is 25.1 Å². The van der Waals surface area contributed by atoms with Crippen LogP contribution in [0.4, 0.5) is 5.69 Å². The van der Waals surface area contributed by atoms with Crippen molar-refractivity contribution in [3.63, 3.8) is 0 Å². The number of halogens is 1. The molecule has 0 unspecified atom stereocenters. The summed E-state index contributed by atoms with van der Waals surface area (Å²) >= 11 is 3.28. The fourth-order valence-electron chi connectivity index (χ4n) is 1.68. The molecule has 0 atom stereocenters. The van der Waals surface area contributed by atoms with Crippen LogP contribution in [0.25, 0.3) is 0 Å². The van der Waals surface area contributed by atoms with Gasteiger partial charge in [0.25, 0.3) is 5.69 Å². The maximum atomic E-state index is 10.9. The van der Waals surface area contributed by atoms with Gasteiger partial charge >= 0.3 is 0 Å². The molecule has 1 aromatic carbocycles. The maximum Gasteiger partial charge on any atom is 0.276 e. The molecule has 0 radical (unpaired) electrons. The Labute approximate surface area is 124 Å². The minimum absolute atomic E-state index is 0.0198. The Morgan fingerprint density at radius 2 is 2.15 bits per heavy atom. The van der Waals surface area contributed by atoms with Crippen LogP contribution < -0.4 is 4.74 Å². The van der Waals surface area contributed by atoms with Gasteiger partial charge in [-0.25, -0.2) is 4.98 Å². The molecule has 0 amide bonds. The van der Waals surface area contributed by atoms with E-state index in [-0.39, 0.29) is 5.69 Å². The number of aromatic nitrogens is 2. The Kier molecular flexibility index (Phi) is 4.29. The topological polar surface area (TPSA) is 78.2 Å². The molecule has 0 bridgehead atoms. The van der Waals surface area contributed by atoms with E-state index in [1.165, 1.54) is 6.07 Å². The number of benzene rings is 1. The second kappa shape index (κ2) is 5.96. The fraction of sp³-hybridized carbons (Fsp3) is 0.231. The lowest BCUT2D eigenvalue weighted by Crippen LogP contribution is -1.99. The van der Waals surface area contributed by atoms with E-state index >= 15 is 0 Å². The van der Waals surface area contributed by atoms with Crippen LogP contribution in [0.2, 0.25) is 0 Å². The first-order valence-corrected chi connectivity index (χ1v) is 6.76. The largest absolute Gasteiger partial charge is 0.438 e. The molecule has 0 saturated carbocycles. The molecule has 6 nitrogen and oxygen atoms in total. The average molecular weight is 338 g/mol. The van der Waals surface area contributed by atoms with Gasteiger partial charge in [0.15, 0.2) is 0 Å². The van der Waals surface area contributed by atoms with Crippen molar-refractivity contribution in [2.24, 2.45) is 0 Å². The second-order valence-electron chi connectivity index (χ2n) is 4.06. The highest BCUT2D eigenvalue weighted by atomic mass is 79.9. The first-order valence-electron chi connectivity index (χ1n) is 5.96. The van der Waals surface area contributed by atoms with E-state index in [9.17, 15) is 10.1 Å². The summed E-state index contributed by atoms with van der Waals surface area (Å²) in [6, 6.07) is 6.31. The van der Waals surface area contributed by atoms with Crippen molar-refractivity contribution in [3.05, 3.63) is 50.4 Å². The van der Waals surface area contributed by atoms with Crippen molar-refractivity contribution in [2.75, 3.05) is 0 Å². The van der Waals surface area contributed by atoms with Crippen molar-refractivity contribution in [3.8, 4) is 11.6 Å². The van der Waals surface area contributed by atoms with Crippen LogP contribution in [0, 0.1) is 17.0 Å². The van der Waals surface area contributed by atoms with Gasteiger partial charge < -0.3 is 4.74 Å². The van der Waals surface area contributed by atoms with E-state index in [1.807, 2.05) is 6.92 Å². The smallest absolute Gasteiger partial charge is 0.276 e. The van der Waals surface area contributed by atoms with Crippen molar-refractivity contribution in [2.45, 2.75) is 20.3 Å². The van der Waals surface area contributed by atoms with Gasteiger partial charge in [-0.2, -0.15) is 4.98 Å². The zero-order valence-corrected chi connectivity index (χ0v) is 12.5. The highest BCUT2D eigenvalue weighted by Crippen LogP contribution is 2.30. The molecule has 1 aromatic heterocycles. The Bertz CT molecular complexity index is 661.